The lowest BCUT2D eigenvalue weighted by Crippen LogP contribution is -2.64. The molecule has 0 amide bonds. The Balaban J connectivity index is 1.17. The van der Waals surface area contributed by atoms with Crippen LogP contribution in [0, 0.1) is 28.6 Å². The van der Waals surface area contributed by atoms with Gasteiger partial charge in [-0.2, -0.15) is 0 Å². The van der Waals surface area contributed by atoms with Crippen molar-refractivity contribution in [3.8, 4) is 5.75 Å². The van der Waals surface area contributed by atoms with Crippen molar-refractivity contribution in [2.75, 3.05) is 33.4 Å². The van der Waals surface area contributed by atoms with E-state index in [4.69, 9.17) is 9.47 Å². The van der Waals surface area contributed by atoms with Crippen molar-refractivity contribution in [3.05, 3.63) is 29.8 Å². The molecular weight excluding hydrogens is 462 g/mol. The minimum Gasteiger partial charge on any atom is -0.497 e. The van der Waals surface area contributed by atoms with Crippen molar-refractivity contribution < 1.29 is 19.7 Å². The lowest BCUT2D eigenvalue weighted by Gasteiger charge is -2.64. The molecule has 206 valence electrons. The number of rotatable bonds is 6. The molecule has 0 unspecified atom stereocenters. The number of aliphatic hydroxyl groups is 2. The van der Waals surface area contributed by atoms with Crippen LogP contribution in [0.15, 0.2) is 24.3 Å². The van der Waals surface area contributed by atoms with Gasteiger partial charge in [-0.3, -0.25) is 0 Å². The first-order chi connectivity index (χ1) is 17.7. The molecule has 5 fully saturated rings. The van der Waals surface area contributed by atoms with Crippen LogP contribution in [0.3, 0.4) is 0 Å². The number of ether oxygens (including phenoxy) is 2. The molecule has 5 heteroatoms. The monoisotopic (exact) mass is 511 g/mol. The van der Waals surface area contributed by atoms with Crippen LogP contribution in [-0.2, 0) is 10.3 Å². The second kappa shape index (κ2) is 9.50. The van der Waals surface area contributed by atoms with Gasteiger partial charge in [0, 0.05) is 12.0 Å². The molecule has 0 spiro atoms. The SMILES string of the molecule is COc1cccc([C@@]2(O)CC[C@]3(O)[C@@H]4CC[C@@H]5C[C@@H](OCCN6CCCC6)CC[C@]5(C)[C@H]4CC[C@]23C)c1. The molecule has 1 aliphatic heterocycles. The van der Waals surface area contributed by atoms with Gasteiger partial charge in [0.2, 0.25) is 0 Å². The first-order valence-corrected chi connectivity index (χ1v) is 15.2. The number of fused-ring (bicyclic) bond motifs is 5. The van der Waals surface area contributed by atoms with Crippen molar-refractivity contribution in [3.63, 3.8) is 0 Å². The quantitative estimate of drug-likeness (QED) is 0.527. The van der Waals surface area contributed by atoms with Gasteiger partial charge in [0.05, 0.1) is 31.0 Å². The van der Waals surface area contributed by atoms with E-state index in [0.29, 0.717) is 30.8 Å². The highest BCUT2D eigenvalue weighted by molar-refractivity contribution is 5.37. The number of nitrogens with zero attached hydrogens (tertiary/aromatic N) is 1. The summed E-state index contributed by atoms with van der Waals surface area (Å²) in [5.74, 6) is 2.25. The van der Waals surface area contributed by atoms with Gasteiger partial charge in [-0.15, -0.1) is 0 Å². The zero-order valence-electron chi connectivity index (χ0n) is 23.4. The molecule has 1 heterocycles. The number of hydrogen-bond donors (Lipinski definition) is 2. The summed E-state index contributed by atoms with van der Waals surface area (Å²) >= 11 is 0. The highest BCUT2D eigenvalue weighted by Gasteiger charge is 2.72. The molecule has 5 nitrogen and oxygen atoms in total. The van der Waals surface area contributed by atoms with E-state index in [2.05, 4.69) is 18.7 Å². The average Bonchev–Trinajstić information content (AvgIpc) is 3.50. The van der Waals surface area contributed by atoms with Crippen molar-refractivity contribution in [1.29, 1.82) is 0 Å². The van der Waals surface area contributed by atoms with E-state index in [1.807, 2.05) is 24.3 Å². The van der Waals surface area contributed by atoms with Gasteiger partial charge < -0.3 is 24.6 Å². The second-order valence-corrected chi connectivity index (χ2v) is 13.7. The lowest BCUT2D eigenvalue weighted by molar-refractivity contribution is -0.239. The first kappa shape index (κ1) is 26.1. The molecule has 37 heavy (non-hydrogen) atoms. The van der Waals surface area contributed by atoms with Crippen LogP contribution < -0.4 is 4.74 Å². The van der Waals surface area contributed by atoms with Gasteiger partial charge >= 0.3 is 0 Å². The summed E-state index contributed by atoms with van der Waals surface area (Å²) in [5.41, 5.74) is -1.24. The molecule has 1 aromatic carbocycles. The molecule has 4 saturated carbocycles. The Morgan fingerprint density at radius 1 is 0.946 bits per heavy atom. The van der Waals surface area contributed by atoms with E-state index in [9.17, 15) is 10.2 Å². The largest absolute Gasteiger partial charge is 0.497 e. The third-order valence-electron chi connectivity index (χ3n) is 12.5. The molecule has 1 aromatic rings. The summed E-state index contributed by atoms with van der Waals surface area (Å²) in [6.07, 6.45) is 12.2. The van der Waals surface area contributed by atoms with E-state index in [1.165, 1.54) is 45.2 Å². The Kier molecular flexibility index (Phi) is 6.70. The Morgan fingerprint density at radius 3 is 2.54 bits per heavy atom. The zero-order chi connectivity index (χ0) is 25.9. The standard InChI is InChI=1S/C32H49NO4/c1-29-13-11-26(37-20-19-33-17-4-5-18-33)21-23(29)9-10-28-27(29)12-14-30(2)31(34,15-16-32(28,30)35)24-7-6-8-25(22-24)36-3/h6-8,22-23,26-28,34-35H,4-5,9-21H2,1-3H3/t23-,26+,27+,28-,29+,30-,31+,32+/m1/s1. The minimum atomic E-state index is -1.03. The van der Waals surface area contributed by atoms with Gasteiger partial charge in [0.1, 0.15) is 5.75 Å². The van der Waals surface area contributed by atoms with E-state index in [-0.39, 0.29) is 11.3 Å². The molecule has 4 aliphatic carbocycles. The summed E-state index contributed by atoms with van der Waals surface area (Å²) in [4.78, 5) is 2.55. The topological polar surface area (TPSA) is 62.2 Å². The van der Waals surface area contributed by atoms with Crippen molar-refractivity contribution in [2.45, 2.75) is 102 Å². The molecule has 0 radical (unpaired) electrons. The number of methoxy groups -OCH3 is 1. The molecule has 0 aromatic heterocycles. The van der Waals surface area contributed by atoms with E-state index < -0.39 is 16.6 Å². The number of benzene rings is 1. The third-order valence-corrected chi connectivity index (χ3v) is 12.5. The Morgan fingerprint density at radius 2 is 1.76 bits per heavy atom. The summed E-state index contributed by atoms with van der Waals surface area (Å²) < 4.78 is 11.9. The average molecular weight is 512 g/mol. The first-order valence-electron chi connectivity index (χ1n) is 15.2. The van der Waals surface area contributed by atoms with Gasteiger partial charge in [0.25, 0.3) is 0 Å². The second-order valence-electron chi connectivity index (χ2n) is 13.7. The highest BCUT2D eigenvalue weighted by atomic mass is 16.5. The van der Waals surface area contributed by atoms with Crippen LogP contribution in [0.1, 0.15) is 90.0 Å². The maximum atomic E-state index is 12.5. The van der Waals surface area contributed by atoms with Crippen molar-refractivity contribution >= 4 is 0 Å². The smallest absolute Gasteiger partial charge is 0.119 e. The van der Waals surface area contributed by atoms with Gasteiger partial charge in [-0.25, -0.2) is 0 Å². The van der Waals surface area contributed by atoms with Crippen molar-refractivity contribution in [1.82, 2.24) is 4.90 Å². The number of likely N-dealkylation sites (tertiary alicyclic amines) is 1. The van der Waals surface area contributed by atoms with Crippen LogP contribution >= 0.6 is 0 Å². The van der Waals surface area contributed by atoms with Crippen LogP contribution in [-0.4, -0.2) is 60.2 Å². The van der Waals surface area contributed by atoms with E-state index in [1.54, 1.807) is 7.11 Å². The summed E-state index contributed by atoms with van der Waals surface area (Å²) in [5, 5.41) is 24.8. The molecule has 0 bridgehead atoms. The van der Waals surface area contributed by atoms with Crippen LogP contribution in [0.4, 0.5) is 0 Å². The molecular formula is C32H49NO4. The molecule has 1 saturated heterocycles. The molecule has 8 atom stereocenters. The predicted molar refractivity (Wildman–Crippen MR) is 145 cm³/mol. The molecule has 5 aliphatic rings. The molecule has 6 rings (SSSR count). The van der Waals surface area contributed by atoms with E-state index >= 15 is 0 Å². The highest BCUT2D eigenvalue weighted by Crippen LogP contribution is 2.71. The van der Waals surface area contributed by atoms with E-state index in [0.717, 1.165) is 50.1 Å². The summed E-state index contributed by atoms with van der Waals surface area (Å²) in [6, 6.07) is 7.90. The summed E-state index contributed by atoms with van der Waals surface area (Å²) in [7, 11) is 1.67. The van der Waals surface area contributed by atoms with Gasteiger partial charge in [0.15, 0.2) is 0 Å². The third kappa shape index (κ3) is 3.93. The maximum absolute atomic E-state index is 12.5. The predicted octanol–water partition coefficient (Wildman–Crippen LogP) is 5.52. The lowest BCUT2D eigenvalue weighted by atomic mass is 9.43. The van der Waals surface area contributed by atoms with Crippen LogP contribution in [0.2, 0.25) is 0 Å². The van der Waals surface area contributed by atoms with Gasteiger partial charge in [-0.05, 0) is 125 Å². The van der Waals surface area contributed by atoms with Crippen LogP contribution in [0.5, 0.6) is 5.75 Å². The Labute approximate surface area is 223 Å². The minimum absolute atomic E-state index is 0.264. The fourth-order valence-corrected chi connectivity index (χ4v) is 10.1. The van der Waals surface area contributed by atoms with Crippen molar-refractivity contribution in [2.24, 2.45) is 28.6 Å². The fourth-order valence-electron chi connectivity index (χ4n) is 10.1. The molecule has 2 N–H and O–H groups in total. The maximum Gasteiger partial charge on any atom is 0.119 e. The van der Waals surface area contributed by atoms with Crippen LogP contribution in [0.25, 0.3) is 0 Å². The Bertz CT molecular complexity index is 979. The Hall–Kier alpha value is -1.14. The number of hydrogen-bond acceptors (Lipinski definition) is 5. The zero-order valence-corrected chi connectivity index (χ0v) is 23.4. The normalized spacial score (nSPS) is 45.8. The summed E-state index contributed by atoms with van der Waals surface area (Å²) in [6.45, 7) is 9.16. The fraction of sp³-hybridized carbons (Fsp3) is 0.812. The van der Waals surface area contributed by atoms with Gasteiger partial charge in [-0.1, -0.05) is 26.0 Å².